The number of likely N-dealkylation sites (tertiary alicyclic amines) is 1. The molecular formula is C16H18N2O3S. The highest BCUT2D eigenvalue weighted by Crippen LogP contribution is 2.33. The van der Waals surface area contributed by atoms with Gasteiger partial charge in [0.25, 0.3) is 5.91 Å². The van der Waals surface area contributed by atoms with Crippen molar-refractivity contribution in [3.8, 4) is 11.5 Å². The standard InChI is InChI=1S/C16H18N2O3S/c1-21-13-6-5-11(9-12(13)19)10-14-15(20)17-16(22-14)18-7-3-2-4-8-18/h5-6,9-10,19H,2-4,7-8H2,1H3/b14-10+. The molecule has 116 valence electrons. The third kappa shape index (κ3) is 3.11. The summed E-state index contributed by atoms with van der Waals surface area (Å²) in [5, 5.41) is 10.6. The Labute approximate surface area is 133 Å². The van der Waals surface area contributed by atoms with Gasteiger partial charge in [0.1, 0.15) is 0 Å². The van der Waals surface area contributed by atoms with E-state index in [-0.39, 0.29) is 11.7 Å². The van der Waals surface area contributed by atoms with E-state index in [1.165, 1.54) is 25.3 Å². The fourth-order valence-electron chi connectivity index (χ4n) is 2.57. The number of phenols is 1. The minimum atomic E-state index is -0.208. The van der Waals surface area contributed by atoms with Gasteiger partial charge in [-0.2, -0.15) is 4.99 Å². The average molecular weight is 318 g/mol. The second kappa shape index (κ2) is 6.44. The summed E-state index contributed by atoms with van der Waals surface area (Å²) >= 11 is 1.41. The van der Waals surface area contributed by atoms with Crippen molar-refractivity contribution in [3.05, 3.63) is 28.7 Å². The fraction of sp³-hybridized carbons (Fsp3) is 0.375. The van der Waals surface area contributed by atoms with Gasteiger partial charge in [-0.3, -0.25) is 4.79 Å². The molecule has 2 aliphatic heterocycles. The lowest BCUT2D eigenvalue weighted by Crippen LogP contribution is -2.33. The summed E-state index contributed by atoms with van der Waals surface area (Å²) < 4.78 is 5.02. The lowest BCUT2D eigenvalue weighted by Gasteiger charge is -2.27. The lowest BCUT2D eigenvalue weighted by molar-refractivity contribution is -0.113. The summed E-state index contributed by atoms with van der Waals surface area (Å²) in [4.78, 5) is 19.0. The van der Waals surface area contributed by atoms with Gasteiger partial charge >= 0.3 is 0 Å². The van der Waals surface area contributed by atoms with Gasteiger partial charge in [-0.15, -0.1) is 0 Å². The molecule has 0 saturated carbocycles. The molecular weight excluding hydrogens is 300 g/mol. The molecule has 22 heavy (non-hydrogen) atoms. The van der Waals surface area contributed by atoms with Gasteiger partial charge in [0.15, 0.2) is 16.7 Å². The van der Waals surface area contributed by atoms with Gasteiger partial charge < -0.3 is 14.7 Å². The van der Waals surface area contributed by atoms with Crippen molar-refractivity contribution < 1.29 is 14.6 Å². The van der Waals surface area contributed by atoms with Crippen LogP contribution in [0.1, 0.15) is 24.8 Å². The Bertz CT molecular complexity index is 649. The summed E-state index contributed by atoms with van der Waals surface area (Å²) in [5.41, 5.74) is 0.754. The Morgan fingerprint density at radius 1 is 1.32 bits per heavy atom. The van der Waals surface area contributed by atoms with Crippen LogP contribution in [0.3, 0.4) is 0 Å². The smallest absolute Gasteiger partial charge is 0.286 e. The van der Waals surface area contributed by atoms with Gasteiger partial charge in [-0.25, -0.2) is 0 Å². The first-order valence-electron chi connectivity index (χ1n) is 7.32. The van der Waals surface area contributed by atoms with Gasteiger partial charge in [0.2, 0.25) is 0 Å². The van der Waals surface area contributed by atoms with E-state index in [0.717, 1.165) is 36.7 Å². The molecule has 1 aromatic rings. The van der Waals surface area contributed by atoms with Gasteiger partial charge in [0.05, 0.1) is 12.0 Å². The Kier molecular flexibility index (Phi) is 4.38. The van der Waals surface area contributed by atoms with Crippen LogP contribution in [0.25, 0.3) is 6.08 Å². The van der Waals surface area contributed by atoms with Crippen LogP contribution in [0.5, 0.6) is 11.5 Å². The monoisotopic (exact) mass is 318 g/mol. The molecule has 1 amide bonds. The number of hydrogen-bond acceptors (Lipinski definition) is 5. The molecule has 0 radical (unpaired) electrons. The number of carbonyl (C=O) groups excluding carboxylic acids is 1. The number of hydrogen-bond donors (Lipinski definition) is 1. The number of ether oxygens (including phenoxy) is 1. The molecule has 1 N–H and O–H groups in total. The molecule has 1 fully saturated rings. The molecule has 0 unspecified atom stereocenters. The first kappa shape index (κ1) is 15.0. The number of nitrogens with zero attached hydrogens (tertiary/aromatic N) is 2. The lowest BCUT2D eigenvalue weighted by atomic mass is 10.1. The van der Waals surface area contributed by atoms with Crippen LogP contribution < -0.4 is 4.74 Å². The maximum absolute atomic E-state index is 12.0. The number of rotatable bonds is 2. The molecule has 0 aromatic heterocycles. The number of aromatic hydroxyl groups is 1. The fourth-order valence-corrected chi connectivity index (χ4v) is 3.53. The van der Waals surface area contributed by atoms with E-state index in [2.05, 4.69) is 9.89 Å². The van der Waals surface area contributed by atoms with Gasteiger partial charge in [-0.05, 0) is 54.8 Å². The van der Waals surface area contributed by atoms with Crippen LogP contribution in [0, 0.1) is 0 Å². The molecule has 0 spiro atoms. The number of aliphatic imine (C=N–C) groups is 1. The Morgan fingerprint density at radius 3 is 2.77 bits per heavy atom. The largest absolute Gasteiger partial charge is 0.504 e. The number of piperidine rings is 1. The van der Waals surface area contributed by atoms with Crippen molar-refractivity contribution in [2.75, 3.05) is 20.2 Å². The van der Waals surface area contributed by atoms with Crippen LogP contribution >= 0.6 is 11.8 Å². The number of carbonyl (C=O) groups is 1. The summed E-state index contributed by atoms with van der Waals surface area (Å²) in [6.07, 6.45) is 5.31. The van der Waals surface area contributed by atoms with Crippen molar-refractivity contribution in [3.63, 3.8) is 0 Å². The van der Waals surface area contributed by atoms with Crippen LogP contribution in [-0.4, -0.2) is 41.3 Å². The van der Waals surface area contributed by atoms with Crippen molar-refractivity contribution in [2.45, 2.75) is 19.3 Å². The van der Waals surface area contributed by atoms with Crippen molar-refractivity contribution in [1.29, 1.82) is 0 Å². The summed E-state index contributed by atoms with van der Waals surface area (Å²) in [6.45, 7) is 1.94. The van der Waals surface area contributed by atoms with E-state index >= 15 is 0 Å². The number of thioether (sulfide) groups is 1. The minimum absolute atomic E-state index is 0.0597. The highest BCUT2D eigenvalue weighted by Gasteiger charge is 2.26. The molecule has 5 nitrogen and oxygen atoms in total. The third-order valence-electron chi connectivity index (χ3n) is 3.74. The zero-order valence-corrected chi connectivity index (χ0v) is 13.2. The maximum Gasteiger partial charge on any atom is 0.286 e. The van der Waals surface area contributed by atoms with Gasteiger partial charge in [-0.1, -0.05) is 6.07 Å². The van der Waals surface area contributed by atoms with Crippen molar-refractivity contribution in [1.82, 2.24) is 4.90 Å². The van der Waals surface area contributed by atoms with Crippen LogP contribution in [0.4, 0.5) is 0 Å². The molecule has 2 aliphatic rings. The second-order valence-corrected chi connectivity index (χ2v) is 6.30. The highest BCUT2D eigenvalue weighted by atomic mass is 32.2. The van der Waals surface area contributed by atoms with E-state index in [4.69, 9.17) is 4.74 Å². The predicted molar refractivity (Wildman–Crippen MR) is 88.1 cm³/mol. The quantitative estimate of drug-likeness (QED) is 0.850. The van der Waals surface area contributed by atoms with Crippen LogP contribution in [0.2, 0.25) is 0 Å². The average Bonchev–Trinajstić information content (AvgIpc) is 2.89. The molecule has 1 saturated heterocycles. The minimum Gasteiger partial charge on any atom is -0.504 e. The molecule has 3 rings (SSSR count). The third-order valence-corrected chi connectivity index (χ3v) is 4.78. The van der Waals surface area contributed by atoms with Crippen LogP contribution in [0.15, 0.2) is 28.1 Å². The molecule has 0 aliphatic carbocycles. The van der Waals surface area contributed by atoms with E-state index < -0.39 is 0 Å². The topological polar surface area (TPSA) is 62.1 Å². The van der Waals surface area contributed by atoms with E-state index in [1.54, 1.807) is 24.3 Å². The molecule has 0 atom stereocenters. The number of amidine groups is 1. The Hall–Kier alpha value is -1.95. The molecule has 6 heteroatoms. The number of methoxy groups -OCH3 is 1. The van der Waals surface area contributed by atoms with Crippen molar-refractivity contribution >= 4 is 28.9 Å². The van der Waals surface area contributed by atoms with E-state index in [0.29, 0.717) is 10.7 Å². The zero-order valence-electron chi connectivity index (χ0n) is 12.4. The highest BCUT2D eigenvalue weighted by molar-refractivity contribution is 8.18. The Balaban J connectivity index is 1.76. The number of amides is 1. The summed E-state index contributed by atoms with van der Waals surface area (Å²) in [6, 6.07) is 5.06. The van der Waals surface area contributed by atoms with E-state index in [1.807, 2.05) is 0 Å². The Morgan fingerprint density at radius 2 is 2.09 bits per heavy atom. The normalized spacial score (nSPS) is 20.4. The number of benzene rings is 1. The molecule has 2 heterocycles. The number of phenolic OH excluding ortho intramolecular Hbond substituents is 1. The second-order valence-electron chi connectivity index (χ2n) is 5.29. The zero-order chi connectivity index (χ0) is 15.5. The summed E-state index contributed by atoms with van der Waals surface area (Å²) in [5.74, 6) is 0.267. The van der Waals surface area contributed by atoms with Crippen LogP contribution in [-0.2, 0) is 4.79 Å². The first-order chi connectivity index (χ1) is 10.7. The summed E-state index contributed by atoms with van der Waals surface area (Å²) in [7, 11) is 1.50. The molecule has 0 bridgehead atoms. The van der Waals surface area contributed by atoms with E-state index in [9.17, 15) is 9.90 Å². The van der Waals surface area contributed by atoms with Crippen molar-refractivity contribution in [2.24, 2.45) is 4.99 Å². The first-order valence-corrected chi connectivity index (χ1v) is 8.13. The predicted octanol–water partition coefficient (Wildman–Crippen LogP) is 2.86. The molecule has 1 aromatic carbocycles. The van der Waals surface area contributed by atoms with Gasteiger partial charge in [0, 0.05) is 13.1 Å². The maximum atomic E-state index is 12.0. The SMILES string of the molecule is COc1ccc(/C=C2/SC(N3CCCCC3)=NC2=O)cc1O.